The number of nitrogens with one attached hydrogen (secondary N) is 3. The number of nitrogens with zero attached hydrogens (tertiary/aromatic N) is 6. The van der Waals surface area contributed by atoms with Crippen molar-refractivity contribution in [1.29, 1.82) is 5.26 Å². The van der Waals surface area contributed by atoms with E-state index in [-0.39, 0.29) is 49.6 Å². The third-order valence-electron chi connectivity index (χ3n) is 13.9. The first-order valence-corrected chi connectivity index (χ1v) is 29.0. The van der Waals surface area contributed by atoms with Crippen LogP contribution in [0.2, 0.25) is 0 Å². The lowest BCUT2D eigenvalue weighted by atomic mass is 9.80. The zero-order chi connectivity index (χ0) is 59.3. The van der Waals surface area contributed by atoms with Crippen LogP contribution in [0.25, 0.3) is 6.08 Å². The van der Waals surface area contributed by atoms with Gasteiger partial charge >= 0.3 is 5.69 Å². The standard InChI is InChI=1S/C63H76N9O10P/c1-44(2)72(45(3)4)83(80-40-16-37-64)82-56-41-59(81-57(56)43-79-63(48-17-12-11-13-18-48,49-22-32-54(77-7)33-23-49)50-24-34-55(78-8)35-25-50)71-42-47(61(75)67-62(71)76)21-36-58(73)65-38-14-9-10-15-39-66-60(74)46-19-26-51(27-20-46)68-69-52-28-30-53(31-29-52)70(5)6/h11-13,17-36,42,44-45,56-57,59H,9-10,14-16,38-41,43H2,1-8H3,(H,65,73)(H,66,74)(H,67,75,76)/b36-21+,69-68?/t56-,57+,59+,83?/m0/s1. The van der Waals surface area contributed by atoms with Crippen molar-refractivity contribution in [1.82, 2.24) is 24.9 Å². The van der Waals surface area contributed by atoms with Crippen LogP contribution in [0, 0.1) is 11.3 Å². The van der Waals surface area contributed by atoms with Crippen molar-refractivity contribution in [2.24, 2.45) is 10.2 Å². The maximum atomic E-state index is 13.8. The van der Waals surface area contributed by atoms with E-state index in [0.717, 1.165) is 47.3 Å². The Morgan fingerprint density at radius 3 is 1.92 bits per heavy atom. The number of aromatic amines is 1. The molecular weight excluding hydrogens is 1070 g/mol. The Morgan fingerprint density at radius 1 is 0.795 bits per heavy atom. The second-order valence-electron chi connectivity index (χ2n) is 20.6. The number of unbranched alkanes of at least 4 members (excludes halogenated alkanes) is 3. The van der Waals surface area contributed by atoms with Crippen LogP contribution in [0.1, 0.15) is 105 Å². The van der Waals surface area contributed by atoms with Crippen LogP contribution in [0.4, 0.5) is 17.1 Å². The molecule has 83 heavy (non-hydrogen) atoms. The molecule has 6 aromatic rings. The highest BCUT2D eigenvalue weighted by Crippen LogP contribution is 2.51. The van der Waals surface area contributed by atoms with Gasteiger partial charge in [-0.3, -0.25) is 23.9 Å². The molecule has 1 aliphatic rings. The van der Waals surface area contributed by atoms with E-state index in [1.165, 1.54) is 22.9 Å². The van der Waals surface area contributed by atoms with Crippen molar-refractivity contribution in [3.8, 4) is 17.6 Å². The molecule has 438 valence electrons. The average Bonchev–Trinajstić information content (AvgIpc) is 3.98. The van der Waals surface area contributed by atoms with Crippen LogP contribution in [0.3, 0.4) is 0 Å². The maximum absolute atomic E-state index is 13.8. The van der Waals surface area contributed by atoms with Crippen LogP contribution >= 0.6 is 8.53 Å². The van der Waals surface area contributed by atoms with Crippen LogP contribution < -0.4 is 36.3 Å². The second kappa shape index (κ2) is 31.0. The van der Waals surface area contributed by atoms with Gasteiger partial charge < -0.3 is 43.5 Å². The van der Waals surface area contributed by atoms with Crippen LogP contribution in [-0.2, 0) is 28.9 Å². The van der Waals surface area contributed by atoms with Gasteiger partial charge in [-0.25, -0.2) is 9.46 Å². The number of aromatic nitrogens is 2. The highest BCUT2D eigenvalue weighted by Gasteiger charge is 2.45. The quantitative estimate of drug-likeness (QED) is 0.0126. The number of azo groups is 1. The number of hydrogen-bond donors (Lipinski definition) is 3. The maximum Gasteiger partial charge on any atom is 0.330 e. The first-order chi connectivity index (χ1) is 40.1. The third-order valence-corrected chi connectivity index (χ3v) is 16.0. The van der Waals surface area contributed by atoms with Crippen molar-refractivity contribution in [3.63, 3.8) is 0 Å². The summed E-state index contributed by atoms with van der Waals surface area (Å²) in [7, 11) is 5.39. The Bertz CT molecular complexity index is 3180. The number of anilines is 1. The summed E-state index contributed by atoms with van der Waals surface area (Å²) >= 11 is 0. The number of nitriles is 1. The molecule has 0 saturated carbocycles. The van der Waals surface area contributed by atoms with Gasteiger partial charge in [0.15, 0.2) is 0 Å². The molecule has 0 bridgehead atoms. The fraction of sp³-hybridized carbons (Fsp3) is 0.381. The molecule has 3 N–H and O–H groups in total. The fourth-order valence-electron chi connectivity index (χ4n) is 9.61. The highest BCUT2D eigenvalue weighted by molar-refractivity contribution is 7.44. The van der Waals surface area contributed by atoms with Gasteiger partial charge in [0.2, 0.25) is 5.91 Å². The first kappa shape index (κ1) is 62.8. The molecule has 1 aliphatic heterocycles. The lowest BCUT2D eigenvalue weighted by Gasteiger charge is -2.39. The molecule has 1 aromatic heterocycles. The third kappa shape index (κ3) is 17.1. The zero-order valence-corrected chi connectivity index (χ0v) is 49.4. The summed E-state index contributed by atoms with van der Waals surface area (Å²) < 4.78 is 42.1. The lowest BCUT2D eigenvalue weighted by Crippen LogP contribution is -2.39. The number of H-pyrrole nitrogens is 1. The number of amides is 2. The number of hydrogen-bond acceptors (Lipinski definition) is 15. The minimum absolute atomic E-state index is 0.00814. The van der Waals surface area contributed by atoms with Crippen LogP contribution in [0.5, 0.6) is 11.5 Å². The SMILES string of the molecule is COc1ccc(C(OC[C@H]2O[C@@H](n3cc(/C=C/C(=O)NCCCCCCNC(=O)c4ccc(N=Nc5ccc(N(C)C)cc5)cc4)c(=O)[nH]c3=O)C[C@@H]2OP(OCCC#N)N(C(C)C)C(C)C)(c2ccccc2)c2ccc(OC)cc2)cc1. The second-order valence-corrected chi connectivity index (χ2v) is 22.0. The minimum Gasteiger partial charge on any atom is -0.497 e. The molecule has 2 amide bonds. The summed E-state index contributed by atoms with van der Waals surface area (Å²) in [6.07, 6.45) is 4.89. The summed E-state index contributed by atoms with van der Waals surface area (Å²) in [6.45, 7) is 9.16. The zero-order valence-electron chi connectivity index (χ0n) is 48.5. The van der Waals surface area contributed by atoms with Crippen molar-refractivity contribution >= 4 is 43.5 Å². The van der Waals surface area contributed by atoms with Gasteiger partial charge in [-0.2, -0.15) is 15.5 Å². The number of rotatable bonds is 30. The number of methoxy groups -OCH3 is 2. The van der Waals surface area contributed by atoms with Crippen molar-refractivity contribution in [2.45, 2.75) is 102 Å². The van der Waals surface area contributed by atoms with E-state index in [9.17, 15) is 24.4 Å². The number of carbonyl (C=O) groups is 2. The van der Waals surface area contributed by atoms with E-state index < -0.39 is 49.7 Å². The minimum atomic E-state index is -1.79. The Balaban J connectivity index is 1.01. The molecule has 0 radical (unpaired) electrons. The first-order valence-electron chi connectivity index (χ1n) is 27.9. The molecule has 1 unspecified atom stereocenters. The lowest BCUT2D eigenvalue weighted by molar-refractivity contribution is -0.116. The topological polar surface area (TPSA) is 223 Å². The summed E-state index contributed by atoms with van der Waals surface area (Å²) in [6, 6.07) is 42.0. The van der Waals surface area contributed by atoms with Crippen molar-refractivity contribution in [2.75, 3.05) is 59.5 Å². The molecule has 0 aliphatic carbocycles. The van der Waals surface area contributed by atoms with Crippen molar-refractivity contribution < 1.29 is 37.6 Å². The highest BCUT2D eigenvalue weighted by atomic mass is 31.2. The Hall–Kier alpha value is -7.82. The molecule has 0 spiro atoms. The van der Waals surface area contributed by atoms with Gasteiger partial charge in [0, 0.05) is 69.2 Å². The average molecular weight is 1150 g/mol. The van der Waals surface area contributed by atoms with E-state index in [2.05, 4.69) is 36.6 Å². The summed E-state index contributed by atoms with van der Waals surface area (Å²) in [5.41, 5.74) is 2.83. The summed E-state index contributed by atoms with van der Waals surface area (Å²) in [4.78, 5) is 57.4. The molecule has 4 atom stereocenters. The largest absolute Gasteiger partial charge is 0.497 e. The van der Waals surface area contributed by atoms with E-state index in [1.807, 2.05) is 150 Å². The van der Waals surface area contributed by atoms with Gasteiger partial charge in [-0.05, 0) is 136 Å². The molecule has 19 nitrogen and oxygen atoms in total. The summed E-state index contributed by atoms with van der Waals surface area (Å²) in [5, 5.41) is 23.9. The number of benzene rings is 5. The predicted molar refractivity (Wildman–Crippen MR) is 322 cm³/mol. The van der Waals surface area contributed by atoms with E-state index >= 15 is 0 Å². The predicted octanol–water partition coefficient (Wildman–Crippen LogP) is 11.1. The Labute approximate surface area is 487 Å². The van der Waals surface area contributed by atoms with Gasteiger partial charge in [-0.15, -0.1) is 0 Å². The fourth-order valence-corrected chi connectivity index (χ4v) is 11.4. The smallest absolute Gasteiger partial charge is 0.330 e. The van der Waals surface area contributed by atoms with Crippen LogP contribution in [-0.4, -0.2) is 105 Å². The van der Waals surface area contributed by atoms with Gasteiger partial charge in [-0.1, -0.05) is 67.4 Å². The summed E-state index contributed by atoms with van der Waals surface area (Å²) in [5.74, 6) is 0.741. The molecule has 1 fully saturated rings. The van der Waals surface area contributed by atoms with Crippen molar-refractivity contribution in [3.05, 3.63) is 188 Å². The molecule has 5 aromatic carbocycles. The Kier molecular flexibility index (Phi) is 23.5. The van der Waals surface area contributed by atoms with Gasteiger partial charge in [0.05, 0.1) is 63.0 Å². The molecule has 20 heteroatoms. The van der Waals surface area contributed by atoms with E-state index in [1.54, 1.807) is 38.5 Å². The van der Waals surface area contributed by atoms with Gasteiger partial charge in [0.1, 0.15) is 29.4 Å². The monoisotopic (exact) mass is 1150 g/mol. The van der Waals surface area contributed by atoms with E-state index in [0.29, 0.717) is 42.3 Å². The molecule has 7 rings (SSSR count). The van der Waals surface area contributed by atoms with Gasteiger partial charge in [0.25, 0.3) is 20.0 Å². The van der Waals surface area contributed by atoms with Crippen LogP contribution in [0.15, 0.2) is 159 Å². The molecule has 2 heterocycles. The molecule has 1 saturated heterocycles. The Morgan fingerprint density at radius 2 is 1.36 bits per heavy atom. The number of carbonyl (C=O) groups excluding carboxylic acids is 2. The van der Waals surface area contributed by atoms with E-state index in [4.69, 9.17) is 28.0 Å². The number of ether oxygens (including phenoxy) is 4. The normalized spacial score (nSPS) is 15.7. The molecular formula is C63H76N9O10P.